The van der Waals surface area contributed by atoms with Crippen LogP contribution in [-0.2, 0) is 19.1 Å². The zero-order valence-electron chi connectivity index (χ0n) is 19.1. The van der Waals surface area contributed by atoms with Gasteiger partial charge in [0.05, 0.1) is 6.61 Å². The van der Waals surface area contributed by atoms with E-state index in [4.69, 9.17) is 9.47 Å². The molecule has 35 heavy (non-hydrogen) atoms. The Morgan fingerprint density at radius 1 is 0.857 bits per heavy atom. The molecular formula is C27H26N2O6. The van der Waals surface area contributed by atoms with E-state index in [1.165, 1.54) is 7.11 Å². The second kappa shape index (κ2) is 10.8. The number of ether oxygens (including phenoxy) is 2. The van der Waals surface area contributed by atoms with Gasteiger partial charge in [0, 0.05) is 13.0 Å². The van der Waals surface area contributed by atoms with E-state index in [9.17, 15) is 19.5 Å². The number of hydrogen-bond acceptors (Lipinski definition) is 5. The molecule has 0 aromatic heterocycles. The summed E-state index contributed by atoms with van der Waals surface area (Å²) < 4.78 is 10.6. The summed E-state index contributed by atoms with van der Waals surface area (Å²) >= 11 is 0. The fourth-order valence-electron chi connectivity index (χ4n) is 4.31. The molecular weight excluding hydrogens is 448 g/mol. The van der Waals surface area contributed by atoms with Crippen molar-refractivity contribution < 1.29 is 29.0 Å². The lowest BCUT2D eigenvalue weighted by atomic mass is 9.98. The highest BCUT2D eigenvalue weighted by atomic mass is 16.5. The highest BCUT2D eigenvalue weighted by Crippen LogP contribution is 2.44. The molecule has 0 radical (unpaired) electrons. The van der Waals surface area contributed by atoms with E-state index in [1.54, 1.807) is 30.3 Å². The van der Waals surface area contributed by atoms with Gasteiger partial charge in [-0.1, -0.05) is 78.9 Å². The van der Waals surface area contributed by atoms with Gasteiger partial charge < -0.3 is 25.2 Å². The van der Waals surface area contributed by atoms with Gasteiger partial charge in [-0.2, -0.15) is 0 Å². The molecule has 1 aliphatic rings. The second-order valence-corrected chi connectivity index (χ2v) is 8.17. The number of benzene rings is 3. The summed E-state index contributed by atoms with van der Waals surface area (Å²) in [5.74, 6) is -2.05. The maximum absolute atomic E-state index is 12.8. The van der Waals surface area contributed by atoms with Crippen LogP contribution in [-0.4, -0.2) is 49.4 Å². The molecule has 0 saturated heterocycles. The minimum absolute atomic E-state index is 0.0863. The first kappa shape index (κ1) is 24.0. The summed E-state index contributed by atoms with van der Waals surface area (Å²) in [5.41, 5.74) is 4.76. The van der Waals surface area contributed by atoms with E-state index >= 15 is 0 Å². The highest BCUT2D eigenvalue weighted by Gasteiger charge is 2.31. The molecule has 0 heterocycles. The average Bonchev–Trinajstić information content (AvgIpc) is 3.19. The molecule has 1 aliphatic carbocycles. The molecule has 0 saturated carbocycles. The second-order valence-electron chi connectivity index (χ2n) is 8.17. The molecule has 0 spiro atoms. The molecule has 2 atom stereocenters. The summed E-state index contributed by atoms with van der Waals surface area (Å²) in [6, 6.07) is 21.8. The van der Waals surface area contributed by atoms with Crippen LogP contribution in [0.25, 0.3) is 11.1 Å². The zero-order valence-corrected chi connectivity index (χ0v) is 19.1. The van der Waals surface area contributed by atoms with Crippen molar-refractivity contribution in [1.29, 1.82) is 0 Å². The fraction of sp³-hybridized carbons (Fsp3) is 0.222. The van der Waals surface area contributed by atoms with Gasteiger partial charge in [-0.3, -0.25) is 4.79 Å². The van der Waals surface area contributed by atoms with Gasteiger partial charge in [0.2, 0.25) is 5.91 Å². The van der Waals surface area contributed by atoms with E-state index in [0.717, 1.165) is 22.3 Å². The number of aliphatic carboxylic acids is 1. The third kappa shape index (κ3) is 5.33. The van der Waals surface area contributed by atoms with Gasteiger partial charge in [0.25, 0.3) is 0 Å². The molecule has 0 fully saturated rings. The molecule has 0 unspecified atom stereocenters. The topological polar surface area (TPSA) is 114 Å². The van der Waals surface area contributed by atoms with Crippen molar-refractivity contribution in [2.75, 3.05) is 20.3 Å². The third-order valence-corrected chi connectivity index (χ3v) is 5.95. The number of amides is 2. The smallest absolute Gasteiger partial charge is 0.407 e. The molecule has 3 aromatic carbocycles. The Bertz CT molecular complexity index is 1170. The number of hydrogen-bond donors (Lipinski definition) is 3. The Hall–Kier alpha value is -4.17. The molecule has 2 amide bonds. The number of carboxylic acid groups (broad SMARTS) is 1. The summed E-state index contributed by atoms with van der Waals surface area (Å²) in [5, 5.41) is 14.5. The first-order chi connectivity index (χ1) is 17.0. The highest BCUT2D eigenvalue weighted by molar-refractivity contribution is 5.90. The summed E-state index contributed by atoms with van der Waals surface area (Å²) in [7, 11) is 1.38. The summed E-state index contributed by atoms with van der Waals surface area (Å²) in [6.07, 6.45) is -0.796. The van der Waals surface area contributed by atoms with Crippen LogP contribution in [0.2, 0.25) is 0 Å². The molecule has 3 aromatic rings. The lowest BCUT2D eigenvalue weighted by Crippen LogP contribution is -2.51. The number of carboxylic acids is 1. The van der Waals surface area contributed by atoms with Crippen LogP contribution in [0.15, 0.2) is 78.9 Å². The number of carbonyl (C=O) groups is 3. The van der Waals surface area contributed by atoms with Crippen molar-refractivity contribution >= 4 is 18.0 Å². The monoisotopic (exact) mass is 474 g/mol. The van der Waals surface area contributed by atoms with E-state index in [2.05, 4.69) is 10.6 Å². The van der Waals surface area contributed by atoms with E-state index in [-0.39, 0.29) is 19.1 Å². The Balaban J connectivity index is 1.41. The Morgan fingerprint density at radius 2 is 1.43 bits per heavy atom. The molecule has 0 aliphatic heterocycles. The number of nitrogens with one attached hydrogen (secondary N) is 2. The van der Waals surface area contributed by atoms with Crippen LogP contribution in [0.5, 0.6) is 0 Å². The maximum atomic E-state index is 12.8. The molecule has 0 bridgehead atoms. The largest absolute Gasteiger partial charge is 0.479 e. The van der Waals surface area contributed by atoms with Crippen LogP contribution in [0, 0.1) is 0 Å². The quantitative estimate of drug-likeness (QED) is 0.438. The van der Waals surface area contributed by atoms with Gasteiger partial charge in [-0.15, -0.1) is 0 Å². The Labute approximate surface area is 202 Å². The van der Waals surface area contributed by atoms with Crippen LogP contribution < -0.4 is 10.6 Å². The van der Waals surface area contributed by atoms with Gasteiger partial charge in [0.15, 0.2) is 6.04 Å². The molecule has 8 heteroatoms. The van der Waals surface area contributed by atoms with Crippen molar-refractivity contribution in [3.05, 3.63) is 95.6 Å². The fourth-order valence-corrected chi connectivity index (χ4v) is 4.31. The van der Waals surface area contributed by atoms with Gasteiger partial charge in [-0.05, 0) is 27.8 Å². The summed E-state index contributed by atoms with van der Waals surface area (Å²) in [6.45, 7) is -0.0693. The van der Waals surface area contributed by atoms with Crippen LogP contribution in [0.4, 0.5) is 4.79 Å². The van der Waals surface area contributed by atoms with Crippen LogP contribution >= 0.6 is 0 Å². The van der Waals surface area contributed by atoms with Crippen molar-refractivity contribution in [3.63, 3.8) is 0 Å². The van der Waals surface area contributed by atoms with E-state index in [1.807, 2.05) is 48.5 Å². The molecule has 3 N–H and O–H groups in total. The normalized spacial score (nSPS) is 13.7. The summed E-state index contributed by atoms with van der Waals surface area (Å²) in [4.78, 5) is 37.2. The zero-order chi connectivity index (χ0) is 24.8. The SMILES string of the molecule is COC[C@H](NC(=O)OCC1c2ccccc2-c2ccccc21)C(=O)N[C@H](C(=O)O)c1ccccc1. The first-order valence-electron chi connectivity index (χ1n) is 11.2. The number of carbonyl (C=O) groups excluding carboxylic acids is 2. The molecule has 8 nitrogen and oxygen atoms in total. The lowest BCUT2D eigenvalue weighted by Gasteiger charge is -2.21. The predicted octanol–water partition coefficient (Wildman–Crippen LogP) is 3.48. The molecule has 4 rings (SSSR count). The van der Waals surface area contributed by atoms with Crippen molar-refractivity contribution in [2.24, 2.45) is 0 Å². The predicted molar refractivity (Wildman–Crippen MR) is 129 cm³/mol. The number of alkyl carbamates (subject to hydrolysis) is 1. The van der Waals surface area contributed by atoms with E-state index < -0.39 is 30.1 Å². The minimum atomic E-state index is -1.27. The van der Waals surface area contributed by atoms with Crippen LogP contribution in [0.3, 0.4) is 0 Å². The first-order valence-corrected chi connectivity index (χ1v) is 11.2. The standard InChI is InChI=1S/C27H26N2O6/c1-34-16-23(25(30)29-24(26(31)32)17-9-3-2-4-10-17)28-27(33)35-15-22-20-13-7-5-11-18(20)19-12-6-8-14-21(19)22/h2-14,22-24H,15-16H2,1H3,(H,28,33)(H,29,30)(H,31,32)/t23-,24-/m0/s1. The Morgan fingerprint density at radius 3 is 2.00 bits per heavy atom. The third-order valence-electron chi connectivity index (χ3n) is 5.95. The number of fused-ring (bicyclic) bond motifs is 3. The molecule has 180 valence electrons. The van der Waals surface area contributed by atoms with Crippen molar-refractivity contribution in [3.8, 4) is 11.1 Å². The minimum Gasteiger partial charge on any atom is -0.479 e. The number of methoxy groups -OCH3 is 1. The van der Waals surface area contributed by atoms with Gasteiger partial charge in [0.1, 0.15) is 12.6 Å². The van der Waals surface area contributed by atoms with E-state index in [0.29, 0.717) is 5.56 Å². The van der Waals surface area contributed by atoms with Gasteiger partial charge >= 0.3 is 12.1 Å². The van der Waals surface area contributed by atoms with Crippen molar-refractivity contribution in [1.82, 2.24) is 10.6 Å². The van der Waals surface area contributed by atoms with Gasteiger partial charge in [-0.25, -0.2) is 9.59 Å². The van der Waals surface area contributed by atoms with Crippen molar-refractivity contribution in [2.45, 2.75) is 18.0 Å². The Kier molecular flexibility index (Phi) is 7.42. The number of rotatable bonds is 9. The van der Waals surface area contributed by atoms with Crippen LogP contribution in [0.1, 0.15) is 28.7 Å². The lowest BCUT2D eigenvalue weighted by molar-refractivity contribution is -0.142. The average molecular weight is 475 g/mol. The maximum Gasteiger partial charge on any atom is 0.407 e.